The van der Waals surface area contributed by atoms with Gasteiger partial charge in [0.05, 0.1) is 18.1 Å². The molecule has 1 atom stereocenters. The highest BCUT2D eigenvalue weighted by atomic mass is 35.5. The van der Waals surface area contributed by atoms with Gasteiger partial charge in [0, 0.05) is 0 Å². The Morgan fingerprint density at radius 3 is 2.50 bits per heavy atom. The van der Waals surface area contributed by atoms with Crippen LogP contribution in [0.25, 0.3) is 0 Å². The number of hydrogen-bond acceptors (Lipinski definition) is 2. The molecule has 74 valence electrons. The number of alkyl halides is 1. The molecule has 0 saturated heterocycles. The molecule has 0 aliphatic rings. The minimum absolute atomic E-state index is 0.250. The molecule has 0 heterocycles. The van der Waals surface area contributed by atoms with Gasteiger partial charge in [-0.1, -0.05) is 36.9 Å². The van der Waals surface area contributed by atoms with Crippen LogP contribution >= 0.6 is 11.6 Å². The number of hydrogen-bond donors (Lipinski definition) is 0. The Hall–Kier alpha value is -1.28. The smallest absolute Gasteiger partial charge is 0.334 e. The van der Waals surface area contributed by atoms with Crippen LogP contribution in [0.2, 0.25) is 0 Å². The molecule has 0 saturated carbocycles. The molecule has 14 heavy (non-hydrogen) atoms. The average molecular weight is 211 g/mol. The van der Waals surface area contributed by atoms with Gasteiger partial charge in [0.25, 0.3) is 0 Å². The van der Waals surface area contributed by atoms with E-state index in [1.165, 1.54) is 7.11 Å². The first-order valence-corrected chi connectivity index (χ1v) is 4.56. The van der Waals surface area contributed by atoms with Crippen LogP contribution in [0.4, 0.5) is 0 Å². The normalized spacial score (nSPS) is 11.9. The van der Waals surface area contributed by atoms with Gasteiger partial charge in [0.1, 0.15) is 0 Å². The summed E-state index contributed by atoms with van der Waals surface area (Å²) in [5, 5.41) is -0.524. The van der Waals surface area contributed by atoms with Gasteiger partial charge in [0.2, 0.25) is 0 Å². The summed E-state index contributed by atoms with van der Waals surface area (Å²) in [5.74, 6) is -0.478. The molecule has 0 bridgehead atoms. The number of methoxy groups -OCH3 is 1. The molecule has 0 spiro atoms. The Balaban J connectivity index is 2.81. The maximum Gasteiger partial charge on any atom is 0.334 e. The lowest BCUT2D eigenvalue weighted by Gasteiger charge is -2.10. The monoisotopic (exact) mass is 210 g/mol. The number of carbonyl (C=O) groups excluding carboxylic acids is 1. The Morgan fingerprint density at radius 1 is 1.43 bits per heavy atom. The Kier molecular flexibility index (Phi) is 3.72. The highest BCUT2D eigenvalue weighted by Crippen LogP contribution is 2.27. The fraction of sp³-hybridized carbons (Fsp3) is 0.182. The SMILES string of the molecule is C=C(C(=O)OC)C(Cl)c1ccccc1. The molecule has 1 aromatic carbocycles. The molecule has 2 nitrogen and oxygen atoms in total. The minimum atomic E-state index is -0.524. The molecule has 1 rings (SSSR count). The van der Waals surface area contributed by atoms with Crippen LogP contribution in [0, 0.1) is 0 Å². The van der Waals surface area contributed by atoms with Crippen molar-refractivity contribution in [2.75, 3.05) is 7.11 Å². The molecule has 0 amide bonds. The van der Waals surface area contributed by atoms with Crippen molar-refractivity contribution in [3.63, 3.8) is 0 Å². The quantitative estimate of drug-likeness (QED) is 0.436. The van der Waals surface area contributed by atoms with Gasteiger partial charge in [-0.05, 0) is 5.56 Å². The van der Waals surface area contributed by atoms with Crippen LogP contribution in [0.1, 0.15) is 10.9 Å². The lowest BCUT2D eigenvalue weighted by molar-refractivity contribution is -0.136. The molecule has 0 aliphatic heterocycles. The van der Waals surface area contributed by atoms with E-state index in [1.807, 2.05) is 30.3 Å². The van der Waals surface area contributed by atoms with Gasteiger partial charge in [-0.15, -0.1) is 11.6 Å². The first kappa shape index (κ1) is 10.8. The first-order chi connectivity index (χ1) is 6.66. The second-order valence-corrected chi connectivity index (χ2v) is 3.23. The summed E-state index contributed by atoms with van der Waals surface area (Å²) in [5.41, 5.74) is 1.09. The van der Waals surface area contributed by atoms with Crippen molar-refractivity contribution in [2.45, 2.75) is 5.38 Å². The van der Waals surface area contributed by atoms with Crippen molar-refractivity contribution in [3.8, 4) is 0 Å². The second-order valence-electron chi connectivity index (χ2n) is 2.79. The number of benzene rings is 1. The van der Waals surface area contributed by atoms with E-state index in [0.717, 1.165) is 5.56 Å². The molecule has 1 aromatic rings. The number of ether oxygens (including phenoxy) is 1. The van der Waals surface area contributed by atoms with Crippen LogP contribution in [-0.4, -0.2) is 13.1 Å². The molecule has 0 N–H and O–H groups in total. The van der Waals surface area contributed by atoms with Gasteiger partial charge < -0.3 is 4.74 Å². The van der Waals surface area contributed by atoms with Crippen molar-refractivity contribution in [3.05, 3.63) is 48.0 Å². The van der Waals surface area contributed by atoms with Gasteiger partial charge in [-0.2, -0.15) is 0 Å². The molecule has 0 aromatic heterocycles. The third-order valence-corrected chi connectivity index (χ3v) is 2.36. The van der Waals surface area contributed by atoms with E-state index in [9.17, 15) is 4.79 Å². The number of esters is 1. The standard InChI is InChI=1S/C11H11ClO2/c1-8(11(13)14-2)10(12)9-6-4-3-5-7-9/h3-7,10H,1H2,2H3. The van der Waals surface area contributed by atoms with Crippen LogP contribution in [0.15, 0.2) is 42.5 Å². The van der Waals surface area contributed by atoms with E-state index in [2.05, 4.69) is 11.3 Å². The average Bonchev–Trinajstić information content (AvgIpc) is 2.27. The largest absolute Gasteiger partial charge is 0.466 e. The van der Waals surface area contributed by atoms with Crippen LogP contribution in [0.3, 0.4) is 0 Å². The maximum atomic E-state index is 11.1. The maximum absolute atomic E-state index is 11.1. The van der Waals surface area contributed by atoms with E-state index in [-0.39, 0.29) is 5.57 Å². The van der Waals surface area contributed by atoms with Gasteiger partial charge >= 0.3 is 5.97 Å². The van der Waals surface area contributed by atoms with E-state index in [0.29, 0.717) is 0 Å². The summed E-state index contributed by atoms with van der Waals surface area (Å²) in [6.07, 6.45) is 0. The Bertz CT molecular complexity index is 332. The van der Waals surface area contributed by atoms with E-state index < -0.39 is 11.3 Å². The summed E-state index contributed by atoms with van der Waals surface area (Å²) < 4.78 is 4.53. The van der Waals surface area contributed by atoms with Crippen molar-refractivity contribution in [1.29, 1.82) is 0 Å². The predicted octanol–water partition coefficient (Wildman–Crippen LogP) is 2.70. The molecule has 0 fully saturated rings. The minimum Gasteiger partial charge on any atom is -0.466 e. The van der Waals surface area contributed by atoms with Crippen LogP contribution in [-0.2, 0) is 9.53 Å². The zero-order valence-electron chi connectivity index (χ0n) is 7.87. The van der Waals surface area contributed by atoms with Crippen molar-refractivity contribution in [2.24, 2.45) is 0 Å². The van der Waals surface area contributed by atoms with Crippen molar-refractivity contribution in [1.82, 2.24) is 0 Å². The second kappa shape index (κ2) is 4.82. The zero-order chi connectivity index (χ0) is 10.6. The lowest BCUT2D eigenvalue weighted by Crippen LogP contribution is -2.08. The molecular formula is C11H11ClO2. The number of carbonyl (C=O) groups is 1. The summed E-state index contributed by atoms with van der Waals surface area (Å²) in [6, 6.07) is 9.27. The first-order valence-electron chi connectivity index (χ1n) is 4.13. The molecular weight excluding hydrogens is 200 g/mol. The molecule has 1 unspecified atom stereocenters. The fourth-order valence-corrected chi connectivity index (χ4v) is 1.29. The topological polar surface area (TPSA) is 26.3 Å². The molecule has 0 aliphatic carbocycles. The Labute approximate surface area is 88.1 Å². The number of halogens is 1. The van der Waals surface area contributed by atoms with Crippen LogP contribution < -0.4 is 0 Å². The van der Waals surface area contributed by atoms with E-state index in [4.69, 9.17) is 11.6 Å². The third-order valence-electron chi connectivity index (χ3n) is 1.85. The molecule has 3 heteroatoms. The highest BCUT2D eigenvalue weighted by Gasteiger charge is 2.18. The van der Waals surface area contributed by atoms with Crippen molar-refractivity contribution >= 4 is 17.6 Å². The third kappa shape index (κ3) is 2.36. The predicted molar refractivity (Wildman–Crippen MR) is 56.2 cm³/mol. The fourth-order valence-electron chi connectivity index (χ4n) is 1.06. The zero-order valence-corrected chi connectivity index (χ0v) is 8.62. The summed E-state index contributed by atoms with van der Waals surface area (Å²) in [6.45, 7) is 3.60. The summed E-state index contributed by atoms with van der Waals surface area (Å²) in [7, 11) is 1.31. The highest BCUT2D eigenvalue weighted by molar-refractivity contribution is 6.25. The lowest BCUT2D eigenvalue weighted by atomic mass is 10.1. The van der Waals surface area contributed by atoms with Gasteiger partial charge in [0.15, 0.2) is 0 Å². The van der Waals surface area contributed by atoms with Gasteiger partial charge in [-0.25, -0.2) is 4.79 Å². The van der Waals surface area contributed by atoms with E-state index in [1.54, 1.807) is 0 Å². The van der Waals surface area contributed by atoms with E-state index >= 15 is 0 Å². The van der Waals surface area contributed by atoms with Crippen molar-refractivity contribution < 1.29 is 9.53 Å². The summed E-state index contributed by atoms with van der Waals surface area (Å²) in [4.78, 5) is 11.1. The molecule has 0 radical (unpaired) electrons. The number of rotatable bonds is 3. The van der Waals surface area contributed by atoms with Gasteiger partial charge in [-0.3, -0.25) is 0 Å². The van der Waals surface area contributed by atoms with Crippen LogP contribution in [0.5, 0.6) is 0 Å². The Morgan fingerprint density at radius 2 is 2.00 bits per heavy atom. The summed E-state index contributed by atoms with van der Waals surface area (Å²) >= 11 is 6.03.